The fourth-order valence-corrected chi connectivity index (χ4v) is 5.53. The summed E-state index contributed by atoms with van der Waals surface area (Å²) in [6, 6.07) is 21.9. The molecule has 1 aliphatic heterocycles. The van der Waals surface area contributed by atoms with E-state index in [1.165, 1.54) is 29.2 Å². The molecule has 1 N–H and O–H groups in total. The van der Waals surface area contributed by atoms with Gasteiger partial charge in [0.05, 0.1) is 5.25 Å². The van der Waals surface area contributed by atoms with E-state index >= 15 is 0 Å². The first-order chi connectivity index (χ1) is 17.4. The molecule has 2 amide bonds. The largest absolute Gasteiger partial charge is 0.351 e. The van der Waals surface area contributed by atoms with Crippen molar-refractivity contribution in [1.82, 2.24) is 5.32 Å². The second-order valence-corrected chi connectivity index (χ2v) is 10.0. The smallest absolute Gasteiger partial charge is 0.264 e. The lowest BCUT2D eigenvalue weighted by atomic mass is 10.1. The van der Waals surface area contributed by atoms with Crippen molar-refractivity contribution < 1.29 is 14.0 Å². The molecule has 36 heavy (non-hydrogen) atoms. The molecular formula is C27H20Cl2FN3O2S. The van der Waals surface area contributed by atoms with Crippen LogP contribution in [0, 0.1) is 17.1 Å². The lowest BCUT2D eigenvalue weighted by molar-refractivity contribution is -0.117. The number of carbonyl (C=O) groups is 2. The Morgan fingerprint density at radius 1 is 1.08 bits per heavy atom. The van der Waals surface area contributed by atoms with Gasteiger partial charge >= 0.3 is 0 Å². The van der Waals surface area contributed by atoms with Crippen molar-refractivity contribution in [1.29, 1.82) is 5.26 Å². The molecule has 182 valence electrons. The summed E-state index contributed by atoms with van der Waals surface area (Å²) >= 11 is 13.4. The normalized spacial score (nSPS) is 16.6. The maximum atomic E-state index is 13.6. The molecule has 0 bridgehead atoms. The minimum absolute atomic E-state index is 0.185. The number of nitrogens with zero attached hydrogens (tertiary/aromatic N) is 2. The number of thioether (sulfide) groups is 1. The molecular weight excluding hydrogens is 520 g/mol. The zero-order valence-electron chi connectivity index (χ0n) is 18.9. The van der Waals surface area contributed by atoms with E-state index in [2.05, 4.69) is 5.32 Å². The number of halogens is 3. The monoisotopic (exact) mass is 539 g/mol. The maximum Gasteiger partial charge on any atom is 0.264 e. The van der Waals surface area contributed by atoms with Gasteiger partial charge in [-0.2, -0.15) is 5.26 Å². The van der Waals surface area contributed by atoms with E-state index in [0.717, 1.165) is 17.3 Å². The van der Waals surface area contributed by atoms with Crippen LogP contribution >= 0.6 is 35.0 Å². The van der Waals surface area contributed by atoms with Gasteiger partial charge in [-0.15, -0.1) is 0 Å². The van der Waals surface area contributed by atoms with E-state index < -0.39 is 17.0 Å². The Kier molecular flexibility index (Phi) is 8.32. The molecule has 1 saturated heterocycles. The fourth-order valence-electron chi connectivity index (χ4n) is 3.75. The standard InChI is InChI=1S/C27H20Cl2FN3O2S/c28-19-7-6-18(23(29)15-19)14-24-26(35)33(21-10-8-20(30)9-11-21)27(36-24)22(16-31)25(34)32-13-12-17-4-2-1-3-5-17/h1-11,15,24H,12-14H2,(H,32,34)/b27-22-. The van der Waals surface area contributed by atoms with Crippen LogP contribution in [-0.2, 0) is 22.4 Å². The van der Waals surface area contributed by atoms with Crippen LogP contribution in [0.4, 0.5) is 10.1 Å². The van der Waals surface area contributed by atoms with E-state index in [-0.39, 0.29) is 22.9 Å². The van der Waals surface area contributed by atoms with Gasteiger partial charge in [0.25, 0.3) is 5.91 Å². The van der Waals surface area contributed by atoms with Gasteiger partial charge in [-0.25, -0.2) is 4.39 Å². The zero-order valence-corrected chi connectivity index (χ0v) is 21.2. The summed E-state index contributed by atoms with van der Waals surface area (Å²) in [6.45, 7) is 0.320. The van der Waals surface area contributed by atoms with Crippen molar-refractivity contribution in [2.75, 3.05) is 11.4 Å². The summed E-state index contributed by atoms with van der Waals surface area (Å²) in [5.41, 5.74) is 1.93. The molecule has 1 heterocycles. The predicted octanol–water partition coefficient (Wildman–Crippen LogP) is 5.92. The average Bonchev–Trinajstić information content (AvgIpc) is 3.18. The second-order valence-electron chi connectivity index (χ2n) is 7.98. The van der Waals surface area contributed by atoms with Crippen LogP contribution in [-0.4, -0.2) is 23.6 Å². The minimum Gasteiger partial charge on any atom is -0.351 e. The summed E-state index contributed by atoms with van der Waals surface area (Å²) < 4.78 is 13.6. The number of anilines is 1. The lowest BCUT2D eigenvalue weighted by Crippen LogP contribution is -2.32. The van der Waals surface area contributed by atoms with E-state index in [1.807, 2.05) is 36.4 Å². The van der Waals surface area contributed by atoms with Crippen LogP contribution in [0.25, 0.3) is 0 Å². The zero-order chi connectivity index (χ0) is 25.7. The van der Waals surface area contributed by atoms with Crippen molar-refractivity contribution in [3.63, 3.8) is 0 Å². The first-order valence-electron chi connectivity index (χ1n) is 11.0. The molecule has 1 unspecified atom stereocenters. The molecule has 1 aliphatic rings. The number of hydrogen-bond acceptors (Lipinski definition) is 4. The van der Waals surface area contributed by atoms with E-state index in [0.29, 0.717) is 34.3 Å². The highest BCUT2D eigenvalue weighted by Crippen LogP contribution is 2.42. The molecule has 1 atom stereocenters. The average molecular weight is 540 g/mol. The number of amides is 2. The molecule has 4 rings (SSSR count). The third-order valence-corrected chi connectivity index (χ3v) is 7.40. The first kappa shape index (κ1) is 25.8. The van der Waals surface area contributed by atoms with Crippen molar-refractivity contribution >= 4 is 52.5 Å². The summed E-state index contributed by atoms with van der Waals surface area (Å²) in [6.07, 6.45) is 0.848. The molecule has 0 saturated carbocycles. The van der Waals surface area contributed by atoms with Gasteiger partial charge < -0.3 is 5.32 Å². The SMILES string of the molecule is N#C/C(C(=O)NCCc1ccccc1)=C1/SC(Cc2ccc(Cl)cc2Cl)C(=O)N1c1ccc(F)cc1. The highest BCUT2D eigenvalue weighted by atomic mass is 35.5. The third-order valence-electron chi connectivity index (χ3n) is 5.55. The molecule has 0 spiro atoms. The molecule has 0 aliphatic carbocycles. The number of benzene rings is 3. The maximum absolute atomic E-state index is 13.6. The van der Waals surface area contributed by atoms with E-state index in [9.17, 15) is 19.2 Å². The Morgan fingerprint density at radius 3 is 2.47 bits per heavy atom. The van der Waals surface area contributed by atoms with Crippen molar-refractivity contribution in [3.8, 4) is 6.07 Å². The van der Waals surface area contributed by atoms with Crippen molar-refractivity contribution in [2.45, 2.75) is 18.1 Å². The Labute approximate surface area is 222 Å². The molecule has 0 radical (unpaired) electrons. The van der Waals surface area contributed by atoms with Crippen molar-refractivity contribution in [2.24, 2.45) is 0 Å². The van der Waals surface area contributed by atoms with Gasteiger partial charge in [0.2, 0.25) is 5.91 Å². The van der Waals surface area contributed by atoms with Gasteiger partial charge in [0, 0.05) is 22.3 Å². The van der Waals surface area contributed by atoms with Crippen LogP contribution in [0.15, 0.2) is 83.4 Å². The van der Waals surface area contributed by atoms with Crippen LogP contribution in [0.5, 0.6) is 0 Å². The van der Waals surface area contributed by atoms with E-state index in [1.54, 1.807) is 18.2 Å². The second kappa shape index (κ2) is 11.6. The van der Waals surface area contributed by atoms with Crippen molar-refractivity contribution in [3.05, 3.63) is 110 Å². The Balaban J connectivity index is 1.63. The van der Waals surface area contributed by atoms with Gasteiger partial charge in [-0.1, -0.05) is 71.4 Å². The Hall–Kier alpha value is -3.31. The summed E-state index contributed by atoms with van der Waals surface area (Å²) in [5.74, 6) is -1.38. The molecule has 3 aromatic rings. The lowest BCUT2D eigenvalue weighted by Gasteiger charge is -2.18. The summed E-state index contributed by atoms with van der Waals surface area (Å²) in [5, 5.41) is 13.1. The third kappa shape index (κ3) is 5.90. The van der Waals surface area contributed by atoms with E-state index in [4.69, 9.17) is 23.2 Å². The van der Waals surface area contributed by atoms with Crippen LogP contribution in [0.1, 0.15) is 11.1 Å². The predicted molar refractivity (Wildman–Crippen MR) is 141 cm³/mol. The topological polar surface area (TPSA) is 73.2 Å². The van der Waals surface area contributed by atoms with Gasteiger partial charge in [-0.3, -0.25) is 14.5 Å². The number of hydrogen-bond donors (Lipinski definition) is 1. The van der Waals surface area contributed by atoms with Gasteiger partial charge in [0.1, 0.15) is 22.5 Å². The molecule has 9 heteroatoms. The summed E-state index contributed by atoms with van der Waals surface area (Å²) in [4.78, 5) is 27.8. The molecule has 5 nitrogen and oxygen atoms in total. The molecule has 0 aromatic heterocycles. The number of nitriles is 1. The van der Waals surface area contributed by atoms with Gasteiger partial charge in [0.15, 0.2) is 0 Å². The quantitative estimate of drug-likeness (QED) is 0.299. The Morgan fingerprint density at radius 2 is 1.81 bits per heavy atom. The first-order valence-corrected chi connectivity index (χ1v) is 12.7. The highest BCUT2D eigenvalue weighted by Gasteiger charge is 2.41. The summed E-state index contributed by atoms with van der Waals surface area (Å²) in [7, 11) is 0. The number of nitrogens with one attached hydrogen (secondary N) is 1. The van der Waals surface area contributed by atoms with Gasteiger partial charge in [-0.05, 0) is 60.4 Å². The number of rotatable bonds is 7. The highest BCUT2D eigenvalue weighted by molar-refractivity contribution is 8.05. The molecule has 3 aromatic carbocycles. The fraction of sp³-hybridized carbons (Fsp3) is 0.148. The number of carbonyl (C=O) groups excluding carboxylic acids is 2. The van der Waals surface area contributed by atoms with Crippen LogP contribution < -0.4 is 10.2 Å². The molecule has 1 fully saturated rings. The van der Waals surface area contributed by atoms with Crippen LogP contribution in [0.2, 0.25) is 10.0 Å². The van der Waals surface area contributed by atoms with Crippen LogP contribution in [0.3, 0.4) is 0 Å². The Bertz CT molecular complexity index is 1360. The minimum atomic E-state index is -0.649.